The van der Waals surface area contributed by atoms with Crippen molar-refractivity contribution in [1.29, 1.82) is 0 Å². The Hall–Kier alpha value is -0.330. The third kappa shape index (κ3) is 6.24. The fourth-order valence-electron chi connectivity index (χ4n) is 2.60. The number of nitrogens with zero attached hydrogens (tertiary/aromatic N) is 1. The average Bonchev–Trinajstić information content (AvgIpc) is 2.29. The van der Waals surface area contributed by atoms with Crippen LogP contribution in [0.4, 0.5) is 0 Å². The van der Waals surface area contributed by atoms with Gasteiger partial charge in [0.25, 0.3) is 0 Å². The van der Waals surface area contributed by atoms with E-state index >= 15 is 0 Å². The normalized spacial score (nSPS) is 26.2. The molecule has 0 aromatic rings. The summed E-state index contributed by atoms with van der Waals surface area (Å²) in [5.41, 5.74) is 0. The molecule has 100 valence electrons. The number of hydrogen-bond acceptors (Lipinski definition) is 1. The van der Waals surface area contributed by atoms with E-state index in [2.05, 4.69) is 27.0 Å². The highest BCUT2D eigenvalue weighted by atomic mass is 14.8. The predicted octanol–water partition coefficient (Wildman–Crippen LogP) is 5.24. The topological polar surface area (TPSA) is 12.4 Å². The molecule has 2 unspecified atom stereocenters. The molecule has 1 aliphatic heterocycles. The van der Waals surface area contributed by atoms with Gasteiger partial charge in [-0.2, -0.15) is 0 Å². The molecule has 0 radical (unpaired) electrons. The van der Waals surface area contributed by atoms with Gasteiger partial charge in [-0.1, -0.05) is 59.3 Å². The Kier molecular flexibility index (Phi) is 7.55. The van der Waals surface area contributed by atoms with Crippen molar-refractivity contribution in [1.82, 2.24) is 0 Å². The van der Waals surface area contributed by atoms with Crippen molar-refractivity contribution in [3.05, 3.63) is 0 Å². The molecule has 0 aliphatic carbocycles. The lowest BCUT2D eigenvalue weighted by Crippen LogP contribution is -2.21. The summed E-state index contributed by atoms with van der Waals surface area (Å²) in [6.45, 7) is 7.03. The van der Waals surface area contributed by atoms with Crippen LogP contribution in [0.15, 0.2) is 4.99 Å². The van der Waals surface area contributed by atoms with Crippen LogP contribution in [0.2, 0.25) is 0 Å². The summed E-state index contributed by atoms with van der Waals surface area (Å²) in [7, 11) is 0. The summed E-state index contributed by atoms with van der Waals surface area (Å²) in [6, 6.07) is 0.578. The molecule has 1 heterocycles. The van der Waals surface area contributed by atoms with Crippen molar-refractivity contribution in [3.63, 3.8) is 0 Å². The lowest BCUT2D eigenvalue weighted by atomic mass is 9.87. The maximum absolute atomic E-state index is 4.85. The first-order chi connectivity index (χ1) is 8.22. The minimum atomic E-state index is 0.578. The molecule has 0 saturated carbocycles. The van der Waals surface area contributed by atoms with Crippen LogP contribution in [0.25, 0.3) is 0 Å². The predicted molar refractivity (Wildman–Crippen MR) is 77.8 cm³/mol. The van der Waals surface area contributed by atoms with E-state index in [4.69, 9.17) is 4.99 Å². The molecule has 0 aromatic heterocycles. The molecule has 1 aliphatic rings. The average molecular weight is 237 g/mol. The first kappa shape index (κ1) is 14.7. The van der Waals surface area contributed by atoms with Crippen molar-refractivity contribution in [2.45, 2.75) is 84.6 Å². The molecule has 0 spiro atoms. The van der Waals surface area contributed by atoms with Crippen molar-refractivity contribution >= 4 is 6.21 Å². The van der Waals surface area contributed by atoms with Gasteiger partial charge in [0.05, 0.1) is 6.04 Å². The smallest absolute Gasteiger partial charge is 0.0523 e. The van der Waals surface area contributed by atoms with Crippen LogP contribution in [0.1, 0.15) is 78.6 Å². The lowest BCUT2D eigenvalue weighted by Gasteiger charge is -2.24. The van der Waals surface area contributed by atoms with E-state index in [9.17, 15) is 0 Å². The van der Waals surface area contributed by atoms with Crippen LogP contribution in [-0.2, 0) is 0 Å². The molecular formula is C16H31N. The quantitative estimate of drug-likeness (QED) is 0.622. The second kappa shape index (κ2) is 8.72. The SMILES string of the molecule is CC(C)C(C)C1CCCCCCCCCC=N1. The highest BCUT2D eigenvalue weighted by molar-refractivity contribution is 5.57. The Morgan fingerprint density at radius 2 is 1.47 bits per heavy atom. The second-order valence-electron chi connectivity index (χ2n) is 6.05. The van der Waals surface area contributed by atoms with E-state index in [0.717, 1.165) is 11.8 Å². The summed E-state index contributed by atoms with van der Waals surface area (Å²) >= 11 is 0. The maximum Gasteiger partial charge on any atom is 0.0523 e. The summed E-state index contributed by atoms with van der Waals surface area (Å²) in [5, 5.41) is 0. The van der Waals surface area contributed by atoms with E-state index in [1.807, 2.05) is 0 Å². The van der Waals surface area contributed by atoms with Gasteiger partial charge in [-0.15, -0.1) is 0 Å². The molecule has 0 aromatic carbocycles. The van der Waals surface area contributed by atoms with Crippen LogP contribution in [0.5, 0.6) is 0 Å². The zero-order valence-electron chi connectivity index (χ0n) is 12.1. The second-order valence-corrected chi connectivity index (χ2v) is 6.05. The standard InChI is InChI=1S/C16H31N/c1-14(2)15(3)16-12-10-8-6-4-5-7-9-11-13-17-16/h13-16H,4-12H2,1-3H3. The van der Waals surface area contributed by atoms with Gasteiger partial charge in [-0.3, -0.25) is 4.99 Å². The molecule has 1 nitrogen and oxygen atoms in total. The molecule has 0 bridgehead atoms. The minimum Gasteiger partial charge on any atom is -0.294 e. The lowest BCUT2D eigenvalue weighted by molar-refractivity contribution is 0.327. The Morgan fingerprint density at radius 3 is 2.12 bits per heavy atom. The first-order valence-electron chi connectivity index (χ1n) is 7.73. The Bertz CT molecular complexity index is 208. The summed E-state index contributed by atoms with van der Waals surface area (Å²) in [5.74, 6) is 1.49. The zero-order valence-corrected chi connectivity index (χ0v) is 12.1. The molecule has 17 heavy (non-hydrogen) atoms. The fourth-order valence-corrected chi connectivity index (χ4v) is 2.60. The van der Waals surface area contributed by atoms with E-state index in [-0.39, 0.29) is 0 Å². The van der Waals surface area contributed by atoms with E-state index < -0.39 is 0 Å². The summed E-state index contributed by atoms with van der Waals surface area (Å²) < 4.78 is 0. The highest BCUT2D eigenvalue weighted by Gasteiger charge is 2.18. The van der Waals surface area contributed by atoms with Crippen molar-refractivity contribution < 1.29 is 0 Å². The van der Waals surface area contributed by atoms with Gasteiger partial charge in [-0.05, 0) is 37.3 Å². The molecular weight excluding hydrogens is 206 g/mol. The third-order valence-corrected chi connectivity index (χ3v) is 4.29. The monoisotopic (exact) mass is 237 g/mol. The van der Waals surface area contributed by atoms with Gasteiger partial charge in [0, 0.05) is 0 Å². The van der Waals surface area contributed by atoms with Gasteiger partial charge in [-0.25, -0.2) is 0 Å². The summed E-state index contributed by atoms with van der Waals surface area (Å²) in [6.07, 6.45) is 14.6. The molecule has 2 atom stereocenters. The van der Waals surface area contributed by atoms with Crippen LogP contribution in [0, 0.1) is 11.8 Å². The van der Waals surface area contributed by atoms with Gasteiger partial charge < -0.3 is 0 Å². The Morgan fingerprint density at radius 1 is 0.882 bits per heavy atom. The molecule has 0 amide bonds. The summed E-state index contributed by atoms with van der Waals surface area (Å²) in [4.78, 5) is 4.85. The van der Waals surface area contributed by atoms with Gasteiger partial charge >= 0.3 is 0 Å². The van der Waals surface area contributed by atoms with E-state index in [0.29, 0.717) is 6.04 Å². The van der Waals surface area contributed by atoms with Crippen LogP contribution in [-0.4, -0.2) is 12.3 Å². The minimum absolute atomic E-state index is 0.578. The third-order valence-electron chi connectivity index (χ3n) is 4.29. The van der Waals surface area contributed by atoms with E-state index in [1.54, 1.807) is 0 Å². The molecule has 0 fully saturated rings. The molecule has 1 rings (SSSR count). The number of rotatable bonds is 2. The van der Waals surface area contributed by atoms with E-state index in [1.165, 1.54) is 57.8 Å². The molecule has 1 heteroatoms. The van der Waals surface area contributed by atoms with Gasteiger partial charge in [0.1, 0.15) is 0 Å². The highest BCUT2D eigenvalue weighted by Crippen LogP contribution is 2.23. The van der Waals surface area contributed by atoms with Gasteiger partial charge in [0.15, 0.2) is 0 Å². The molecule has 0 saturated heterocycles. The van der Waals surface area contributed by atoms with Crippen molar-refractivity contribution in [2.75, 3.05) is 0 Å². The van der Waals surface area contributed by atoms with Crippen LogP contribution in [0.3, 0.4) is 0 Å². The van der Waals surface area contributed by atoms with Crippen LogP contribution >= 0.6 is 0 Å². The molecule has 0 N–H and O–H groups in total. The number of hydrogen-bond donors (Lipinski definition) is 0. The first-order valence-corrected chi connectivity index (χ1v) is 7.73. The van der Waals surface area contributed by atoms with Crippen LogP contribution < -0.4 is 0 Å². The zero-order chi connectivity index (χ0) is 12.5. The van der Waals surface area contributed by atoms with Crippen molar-refractivity contribution in [3.8, 4) is 0 Å². The Labute approximate surface area is 108 Å². The number of aliphatic imine (C=N–C) groups is 1. The van der Waals surface area contributed by atoms with Gasteiger partial charge in [0.2, 0.25) is 0 Å². The maximum atomic E-state index is 4.85. The van der Waals surface area contributed by atoms with Crippen molar-refractivity contribution in [2.24, 2.45) is 16.8 Å². The Balaban J connectivity index is 2.48. The fraction of sp³-hybridized carbons (Fsp3) is 0.938. The largest absolute Gasteiger partial charge is 0.294 e.